The molecule has 0 saturated carbocycles. The van der Waals surface area contributed by atoms with Gasteiger partial charge in [-0.05, 0) is 42.5 Å². The summed E-state index contributed by atoms with van der Waals surface area (Å²) < 4.78 is 18.1. The van der Waals surface area contributed by atoms with Crippen LogP contribution in [-0.2, 0) is 6.61 Å². The first kappa shape index (κ1) is 20.2. The molecule has 4 aromatic rings. The molecular formula is C18H16Cl2N4O3S. The van der Waals surface area contributed by atoms with Gasteiger partial charge in [0.25, 0.3) is 0 Å². The maximum atomic E-state index is 5.88. The fourth-order valence-electron chi connectivity index (χ4n) is 2.55. The number of methoxy groups -OCH3 is 2. The molecule has 2 aromatic carbocycles. The van der Waals surface area contributed by atoms with Gasteiger partial charge >= 0.3 is 0 Å². The van der Waals surface area contributed by atoms with E-state index in [1.807, 2.05) is 30.3 Å². The summed E-state index contributed by atoms with van der Waals surface area (Å²) in [6, 6.07) is 12.8. The van der Waals surface area contributed by atoms with Crippen LogP contribution in [0.2, 0.25) is 5.02 Å². The highest BCUT2D eigenvalue weighted by atomic mass is 35.5. The summed E-state index contributed by atoms with van der Waals surface area (Å²) in [5.41, 5.74) is 0.829. The summed E-state index contributed by atoms with van der Waals surface area (Å²) in [7, 11) is 3.19. The van der Waals surface area contributed by atoms with Gasteiger partial charge in [-0.1, -0.05) is 22.9 Å². The summed E-state index contributed by atoms with van der Waals surface area (Å²) in [4.78, 5) is 0.689. The first-order valence-corrected chi connectivity index (χ1v) is 9.19. The zero-order valence-electron chi connectivity index (χ0n) is 15.0. The first-order valence-electron chi connectivity index (χ1n) is 8.00. The van der Waals surface area contributed by atoms with Crippen LogP contribution in [0.5, 0.6) is 17.2 Å². The van der Waals surface area contributed by atoms with Gasteiger partial charge in [0, 0.05) is 10.6 Å². The smallest absolute Gasteiger partial charge is 0.235 e. The predicted octanol–water partition coefficient (Wildman–Crippen LogP) is 4.52. The van der Waals surface area contributed by atoms with Crippen molar-refractivity contribution in [3.05, 3.63) is 52.5 Å². The van der Waals surface area contributed by atoms with Gasteiger partial charge in [0.05, 0.1) is 14.2 Å². The van der Waals surface area contributed by atoms with Crippen molar-refractivity contribution < 1.29 is 14.2 Å². The molecule has 2 heterocycles. The lowest BCUT2D eigenvalue weighted by molar-refractivity contribution is 0.304. The molecule has 0 spiro atoms. The Hall–Kier alpha value is -2.55. The van der Waals surface area contributed by atoms with Crippen molar-refractivity contribution in [1.82, 2.24) is 19.8 Å². The molecule has 0 N–H and O–H groups in total. The molecule has 4 rings (SSSR count). The fourth-order valence-corrected chi connectivity index (χ4v) is 3.42. The zero-order valence-corrected chi connectivity index (χ0v) is 17.3. The SMILES string of the molecule is COc1ccc(-c2nnc3sc(COc4ccc(Cl)cc4)nn23)cc1OC.Cl. The molecule has 0 radical (unpaired) electrons. The Bertz CT molecular complexity index is 1080. The van der Waals surface area contributed by atoms with Gasteiger partial charge in [0.1, 0.15) is 12.4 Å². The van der Waals surface area contributed by atoms with Gasteiger partial charge < -0.3 is 14.2 Å². The number of aromatic nitrogens is 4. The third kappa shape index (κ3) is 3.99. The van der Waals surface area contributed by atoms with E-state index in [2.05, 4.69) is 15.3 Å². The van der Waals surface area contributed by atoms with E-state index in [1.54, 1.807) is 30.9 Å². The van der Waals surface area contributed by atoms with E-state index >= 15 is 0 Å². The normalized spacial score (nSPS) is 10.5. The highest BCUT2D eigenvalue weighted by Gasteiger charge is 2.15. The van der Waals surface area contributed by atoms with Gasteiger partial charge in [0.2, 0.25) is 4.96 Å². The fraction of sp³-hybridized carbons (Fsp3) is 0.167. The molecule has 0 saturated heterocycles. The van der Waals surface area contributed by atoms with Crippen LogP contribution in [0.15, 0.2) is 42.5 Å². The minimum Gasteiger partial charge on any atom is -0.493 e. The topological polar surface area (TPSA) is 70.8 Å². The summed E-state index contributed by atoms with van der Waals surface area (Å²) in [6.07, 6.45) is 0. The third-order valence-electron chi connectivity index (χ3n) is 3.85. The molecule has 0 amide bonds. The van der Waals surface area contributed by atoms with E-state index in [9.17, 15) is 0 Å². The average Bonchev–Trinajstić information content (AvgIpc) is 3.27. The lowest BCUT2D eigenvalue weighted by atomic mass is 10.2. The summed E-state index contributed by atoms with van der Waals surface area (Å²) in [6.45, 7) is 0.334. The molecule has 0 unspecified atom stereocenters. The molecule has 10 heteroatoms. The molecule has 0 aliphatic carbocycles. The second kappa shape index (κ2) is 8.64. The molecule has 2 aromatic heterocycles. The minimum atomic E-state index is 0. The van der Waals surface area contributed by atoms with Crippen LogP contribution in [0.4, 0.5) is 0 Å². The van der Waals surface area contributed by atoms with Crippen molar-refractivity contribution in [2.45, 2.75) is 6.61 Å². The standard InChI is InChI=1S/C18H15ClN4O3S.ClH/c1-24-14-8-3-11(9-15(14)25-2)17-20-21-18-23(17)22-16(27-18)10-26-13-6-4-12(19)5-7-13;/h3-9H,10H2,1-2H3;1H. The molecule has 0 atom stereocenters. The largest absolute Gasteiger partial charge is 0.493 e. The number of hydrogen-bond acceptors (Lipinski definition) is 7. The molecule has 28 heavy (non-hydrogen) atoms. The van der Waals surface area contributed by atoms with E-state index in [4.69, 9.17) is 25.8 Å². The molecule has 0 fully saturated rings. The Kier molecular flexibility index (Phi) is 6.23. The van der Waals surface area contributed by atoms with Crippen molar-refractivity contribution in [3.8, 4) is 28.6 Å². The van der Waals surface area contributed by atoms with E-state index in [0.717, 1.165) is 16.3 Å². The van der Waals surface area contributed by atoms with Gasteiger partial charge in [-0.3, -0.25) is 0 Å². The number of hydrogen-bond donors (Lipinski definition) is 0. The van der Waals surface area contributed by atoms with Gasteiger partial charge in [-0.25, -0.2) is 0 Å². The number of halogens is 2. The highest BCUT2D eigenvalue weighted by molar-refractivity contribution is 7.16. The number of fused-ring (bicyclic) bond motifs is 1. The van der Waals surface area contributed by atoms with Crippen molar-refractivity contribution >= 4 is 40.3 Å². The maximum Gasteiger partial charge on any atom is 0.235 e. The Morgan fingerprint density at radius 3 is 2.46 bits per heavy atom. The van der Waals surface area contributed by atoms with Crippen LogP contribution >= 0.6 is 35.3 Å². The molecule has 0 aliphatic rings. The van der Waals surface area contributed by atoms with Crippen molar-refractivity contribution in [3.63, 3.8) is 0 Å². The van der Waals surface area contributed by atoms with E-state index < -0.39 is 0 Å². The molecule has 0 aliphatic heterocycles. The van der Waals surface area contributed by atoms with Crippen molar-refractivity contribution in [2.24, 2.45) is 0 Å². The Balaban J connectivity index is 0.00000225. The summed E-state index contributed by atoms with van der Waals surface area (Å²) in [5.74, 6) is 2.62. The maximum absolute atomic E-state index is 5.88. The van der Waals surface area contributed by atoms with Crippen LogP contribution in [0.25, 0.3) is 16.3 Å². The average molecular weight is 439 g/mol. The third-order valence-corrected chi connectivity index (χ3v) is 4.97. The van der Waals surface area contributed by atoms with Crippen LogP contribution in [0, 0.1) is 0 Å². The van der Waals surface area contributed by atoms with Crippen LogP contribution in [0.1, 0.15) is 5.01 Å². The summed E-state index contributed by atoms with van der Waals surface area (Å²) >= 11 is 7.31. The first-order chi connectivity index (χ1) is 13.2. The Morgan fingerprint density at radius 1 is 1.00 bits per heavy atom. The second-order valence-corrected chi connectivity index (χ2v) is 7.00. The molecule has 146 valence electrons. The monoisotopic (exact) mass is 438 g/mol. The summed E-state index contributed by atoms with van der Waals surface area (Å²) in [5, 5.41) is 14.5. The number of ether oxygens (including phenoxy) is 3. The predicted molar refractivity (Wildman–Crippen MR) is 110 cm³/mol. The lowest BCUT2D eigenvalue weighted by Crippen LogP contribution is -1.98. The molecule has 7 nitrogen and oxygen atoms in total. The van der Waals surface area contributed by atoms with Crippen LogP contribution in [0.3, 0.4) is 0 Å². The van der Waals surface area contributed by atoms with E-state index in [1.165, 1.54) is 11.3 Å². The van der Waals surface area contributed by atoms with E-state index in [-0.39, 0.29) is 12.4 Å². The molecule has 0 bridgehead atoms. The van der Waals surface area contributed by atoms with Gasteiger partial charge in [-0.2, -0.15) is 9.61 Å². The Labute approximate surface area is 176 Å². The number of benzene rings is 2. The lowest BCUT2D eigenvalue weighted by Gasteiger charge is -2.08. The van der Waals surface area contributed by atoms with Crippen LogP contribution in [-0.4, -0.2) is 34.0 Å². The van der Waals surface area contributed by atoms with E-state index in [0.29, 0.717) is 33.9 Å². The molecular weight excluding hydrogens is 423 g/mol. The van der Waals surface area contributed by atoms with Crippen LogP contribution < -0.4 is 14.2 Å². The minimum absolute atomic E-state index is 0. The highest BCUT2D eigenvalue weighted by Crippen LogP contribution is 2.32. The number of rotatable bonds is 6. The van der Waals surface area contributed by atoms with Gasteiger partial charge in [0.15, 0.2) is 22.3 Å². The van der Waals surface area contributed by atoms with Gasteiger partial charge in [-0.15, -0.1) is 22.6 Å². The Morgan fingerprint density at radius 2 is 1.75 bits per heavy atom. The second-order valence-electron chi connectivity index (χ2n) is 5.53. The quantitative estimate of drug-likeness (QED) is 0.440. The number of nitrogens with zero attached hydrogens (tertiary/aromatic N) is 4. The zero-order chi connectivity index (χ0) is 18.8. The van der Waals surface area contributed by atoms with Crippen molar-refractivity contribution in [1.29, 1.82) is 0 Å². The van der Waals surface area contributed by atoms with Crippen molar-refractivity contribution in [2.75, 3.05) is 14.2 Å².